The van der Waals surface area contributed by atoms with Gasteiger partial charge in [0.05, 0.1) is 7.11 Å². The molecule has 0 saturated heterocycles. The van der Waals surface area contributed by atoms with E-state index in [1.54, 1.807) is 19.2 Å². The highest BCUT2D eigenvalue weighted by Gasteiger charge is 2.06. The molecule has 0 fully saturated rings. The van der Waals surface area contributed by atoms with Crippen molar-refractivity contribution in [3.8, 4) is 16.9 Å². The molecule has 88 valence electrons. The number of ether oxygens (including phenoxy) is 1. The Hall–Kier alpha value is -1.87. The summed E-state index contributed by atoms with van der Waals surface area (Å²) < 4.78 is 19.0. The molecule has 2 aromatic rings. The lowest BCUT2D eigenvalue weighted by Gasteiger charge is -2.07. The van der Waals surface area contributed by atoms with Crippen LogP contribution in [0.15, 0.2) is 42.5 Å². The first-order chi connectivity index (χ1) is 8.24. The van der Waals surface area contributed by atoms with E-state index in [1.165, 1.54) is 6.07 Å². The van der Waals surface area contributed by atoms with Crippen LogP contribution in [0.2, 0.25) is 0 Å². The predicted octanol–water partition coefficient (Wildman–Crippen LogP) is 2.96. The summed E-state index contributed by atoms with van der Waals surface area (Å²) in [5.41, 5.74) is 7.61. The summed E-state index contributed by atoms with van der Waals surface area (Å²) in [6.07, 6.45) is 0. The molecule has 0 aliphatic rings. The van der Waals surface area contributed by atoms with Gasteiger partial charge in [-0.05, 0) is 29.3 Å². The fourth-order valence-electron chi connectivity index (χ4n) is 1.71. The lowest BCUT2D eigenvalue weighted by Crippen LogP contribution is -1.97. The highest BCUT2D eigenvalue weighted by Crippen LogP contribution is 2.26. The number of hydrogen-bond acceptors (Lipinski definition) is 2. The topological polar surface area (TPSA) is 35.2 Å². The van der Waals surface area contributed by atoms with Crippen LogP contribution in [-0.4, -0.2) is 7.11 Å². The predicted molar refractivity (Wildman–Crippen MR) is 66.3 cm³/mol. The third-order valence-electron chi connectivity index (χ3n) is 2.65. The van der Waals surface area contributed by atoms with Crippen LogP contribution in [0.25, 0.3) is 11.1 Å². The minimum atomic E-state index is -0.263. The molecule has 2 aromatic carbocycles. The Labute approximate surface area is 99.8 Å². The zero-order valence-corrected chi connectivity index (χ0v) is 9.61. The summed E-state index contributed by atoms with van der Waals surface area (Å²) in [5.74, 6) is 0.450. The van der Waals surface area contributed by atoms with Crippen LogP contribution in [0.4, 0.5) is 4.39 Å². The molecule has 0 radical (unpaired) electrons. The summed E-state index contributed by atoms with van der Waals surface area (Å²) in [5, 5.41) is 0. The molecular weight excluding hydrogens is 217 g/mol. The first-order valence-electron chi connectivity index (χ1n) is 5.37. The van der Waals surface area contributed by atoms with Crippen molar-refractivity contribution in [1.29, 1.82) is 0 Å². The maximum Gasteiger partial charge on any atom is 0.131 e. The molecule has 0 bridgehead atoms. The molecule has 0 aliphatic heterocycles. The number of nitrogens with two attached hydrogens (primary N) is 1. The summed E-state index contributed by atoms with van der Waals surface area (Å²) in [4.78, 5) is 0. The van der Waals surface area contributed by atoms with Gasteiger partial charge in [-0.1, -0.05) is 24.3 Å². The van der Waals surface area contributed by atoms with Crippen molar-refractivity contribution in [2.75, 3.05) is 7.11 Å². The second kappa shape index (κ2) is 4.97. The van der Waals surface area contributed by atoms with Crippen LogP contribution >= 0.6 is 0 Å². The molecule has 2 rings (SSSR count). The van der Waals surface area contributed by atoms with Crippen molar-refractivity contribution in [3.05, 3.63) is 53.8 Å². The lowest BCUT2D eigenvalue weighted by atomic mass is 10.0. The molecule has 0 amide bonds. The molecular formula is C14H14FNO. The van der Waals surface area contributed by atoms with Crippen LogP contribution in [0, 0.1) is 5.82 Å². The summed E-state index contributed by atoms with van der Waals surface area (Å²) in [7, 11) is 1.59. The average Bonchev–Trinajstić information content (AvgIpc) is 2.38. The number of halogens is 1. The smallest absolute Gasteiger partial charge is 0.131 e. The van der Waals surface area contributed by atoms with Gasteiger partial charge >= 0.3 is 0 Å². The van der Waals surface area contributed by atoms with Gasteiger partial charge < -0.3 is 10.5 Å². The number of benzene rings is 2. The van der Waals surface area contributed by atoms with E-state index < -0.39 is 0 Å². The maximum absolute atomic E-state index is 13.9. The molecule has 2 N–H and O–H groups in total. The van der Waals surface area contributed by atoms with Crippen molar-refractivity contribution in [2.45, 2.75) is 6.54 Å². The van der Waals surface area contributed by atoms with E-state index in [9.17, 15) is 4.39 Å². The van der Waals surface area contributed by atoms with Gasteiger partial charge in [0.15, 0.2) is 0 Å². The fourth-order valence-corrected chi connectivity index (χ4v) is 1.71. The van der Waals surface area contributed by atoms with Crippen molar-refractivity contribution in [3.63, 3.8) is 0 Å². The number of rotatable bonds is 3. The Morgan fingerprint density at radius 1 is 1.18 bits per heavy atom. The third-order valence-corrected chi connectivity index (χ3v) is 2.65. The van der Waals surface area contributed by atoms with E-state index in [-0.39, 0.29) is 5.82 Å². The van der Waals surface area contributed by atoms with E-state index in [0.29, 0.717) is 17.9 Å². The molecule has 17 heavy (non-hydrogen) atoms. The lowest BCUT2D eigenvalue weighted by molar-refractivity contribution is 0.415. The number of methoxy groups -OCH3 is 1. The van der Waals surface area contributed by atoms with Gasteiger partial charge in [-0.2, -0.15) is 0 Å². The first-order valence-corrected chi connectivity index (χ1v) is 5.37. The zero-order chi connectivity index (χ0) is 12.3. The standard InChI is InChI=1S/C14H14FNO/c1-17-12-4-2-3-11(8-12)13-6-5-10(9-16)7-14(13)15/h2-8H,9,16H2,1H3. The van der Waals surface area contributed by atoms with E-state index in [4.69, 9.17) is 10.5 Å². The Kier molecular flexibility index (Phi) is 3.40. The maximum atomic E-state index is 13.9. The normalized spacial score (nSPS) is 10.3. The zero-order valence-electron chi connectivity index (χ0n) is 9.61. The Morgan fingerprint density at radius 3 is 2.65 bits per heavy atom. The quantitative estimate of drug-likeness (QED) is 0.881. The Bertz CT molecular complexity index is 525. The SMILES string of the molecule is COc1cccc(-c2ccc(CN)cc2F)c1. The van der Waals surface area contributed by atoms with Crippen LogP contribution in [-0.2, 0) is 6.54 Å². The molecule has 3 heteroatoms. The summed E-state index contributed by atoms with van der Waals surface area (Å²) in [6.45, 7) is 0.343. The van der Waals surface area contributed by atoms with E-state index in [2.05, 4.69) is 0 Å². The molecule has 0 unspecified atom stereocenters. The van der Waals surface area contributed by atoms with E-state index in [1.807, 2.05) is 24.3 Å². The van der Waals surface area contributed by atoms with Crippen LogP contribution in [0.1, 0.15) is 5.56 Å². The summed E-state index contributed by atoms with van der Waals surface area (Å²) >= 11 is 0. The minimum absolute atomic E-state index is 0.263. The van der Waals surface area contributed by atoms with E-state index >= 15 is 0 Å². The fraction of sp³-hybridized carbons (Fsp3) is 0.143. The third kappa shape index (κ3) is 2.45. The van der Waals surface area contributed by atoms with Gasteiger partial charge in [-0.3, -0.25) is 0 Å². The van der Waals surface area contributed by atoms with Crippen molar-refractivity contribution >= 4 is 0 Å². The monoisotopic (exact) mass is 231 g/mol. The van der Waals surface area contributed by atoms with Crippen molar-refractivity contribution in [2.24, 2.45) is 5.73 Å². The molecule has 0 aromatic heterocycles. The molecule has 0 spiro atoms. The van der Waals surface area contributed by atoms with Gasteiger partial charge in [-0.15, -0.1) is 0 Å². The molecule has 0 saturated carbocycles. The van der Waals surface area contributed by atoms with Gasteiger partial charge in [0.25, 0.3) is 0 Å². The minimum Gasteiger partial charge on any atom is -0.497 e. The van der Waals surface area contributed by atoms with Crippen molar-refractivity contribution in [1.82, 2.24) is 0 Å². The molecule has 0 heterocycles. The highest BCUT2D eigenvalue weighted by atomic mass is 19.1. The van der Waals surface area contributed by atoms with Gasteiger partial charge in [0.1, 0.15) is 11.6 Å². The van der Waals surface area contributed by atoms with Crippen LogP contribution in [0.5, 0.6) is 5.75 Å². The second-order valence-electron chi connectivity index (χ2n) is 3.75. The molecule has 2 nitrogen and oxygen atoms in total. The van der Waals surface area contributed by atoms with Gasteiger partial charge in [-0.25, -0.2) is 4.39 Å². The second-order valence-corrected chi connectivity index (χ2v) is 3.75. The Balaban J connectivity index is 2.45. The van der Waals surface area contributed by atoms with Crippen LogP contribution < -0.4 is 10.5 Å². The first kappa shape index (κ1) is 11.6. The van der Waals surface area contributed by atoms with Crippen LogP contribution in [0.3, 0.4) is 0 Å². The Morgan fingerprint density at radius 2 is 2.00 bits per heavy atom. The number of hydrogen-bond donors (Lipinski definition) is 1. The highest BCUT2D eigenvalue weighted by molar-refractivity contribution is 5.66. The average molecular weight is 231 g/mol. The summed E-state index contributed by atoms with van der Waals surface area (Å²) in [6, 6.07) is 12.4. The molecule has 0 aliphatic carbocycles. The largest absolute Gasteiger partial charge is 0.497 e. The van der Waals surface area contributed by atoms with E-state index in [0.717, 1.165) is 11.1 Å². The van der Waals surface area contributed by atoms with Crippen molar-refractivity contribution < 1.29 is 9.13 Å². The molecule has 0 atom stereocenters. The van der Waals surface area contributed by atoms with Gasteiger partial charge in [0.2, 0.25) is 0 Å². The van der Waals surface area contributed by atoms with Gasteiger partial charge in [0, 0.05) is 12.1 Å².